The first kappa shape index (κ1) is 17.9. The molecule has 27 heavy (non-hydrogen) atoms. The first-order valence-electron chi connectivity index (χ1n) is 9.47. The summed E-state index contributed by atoms with van der Waals surface area (Å²) in [6.45, 7) is 4.25. The summed E-state index contributed by atoms with van der Waals surface area (Å²) in [7, 11) is 3.27. The highest BCUT2D eigenvalue weighted by molar-refractivity contribution is 5.74. The number of aromatic nitrogens is 1. The number of hydrogen-bond acceptors (Lipinski definition) is 5. The van der Waals surface area contributed by atoms with Crippen LogP contribution in [0.15, 0.2) is 23.0 Å². The fraction of sp³-hybridized carbons (Fsp3) is 0.476. The van der Waals surface area contributed by atoms with Crippen LogP contribution in [0.1, 0.15) is 24.0 Å². The van der Waals surface area contributed by atoms with Crippen LogP contribution in [-0.2, 0) is 17.7 Å². The van der Waals surface area contributed by atoms with Crippen LogP contribution in [0.4, 0.5) is 5.82 Å². The maximum atomic E-state index is 12.7. The molecule has 6 heteroatoms. The molecule has 0 aliphatic carbocycles. The molecule has 0 spiro atoms. The molecule has 1 saturated heterocycles. The summed E-state index contributed by atoms with van der Waals surface area (Å²) in [5, 5.41) is 3.45. The minimum atomic E-state index is 0.0405. The van der Waals surface area contributed by atoms with E-state index in [4.69, 9.17) is 14.2 Å². The van der Waals surface area contributed by atoms with E-state index in [1.165, 1.54) is 5.56 Å². The number of rotatable bonds is 5. The van der Waals surface area contributed by atoms with Gasteiger partial charge in [0.2, 0.25) is 0 Å². The zero-order chi connectivity index (χ0) is 19.0. The SMILES string of the molecule is COc1cc2c(cc1OC)-c1c(C)c(=O)cc(NCC3CCCO3)n1CC2. The van der Waals surface area contributed by atoms with Crippen molar-refractivity contribution in [2.75, 3.05) is 32.7 Å². The number of methoxy groups -OCH3 is 2. The molecule has 2 aliphatic rings. The molecule has 0 radical (unpaired) electrons. The van der Waals surface area contributed by atoms with Crippen molar-refractivity contribution in [1.29, 1.82) is 0 Å². The van der Waals surface area contributed by atoms with Crippen LogP contribution in [0.2, 0.25) is 0 Å². The fourth-order valence-electron chi connectivity index (χ4n) is 4.08. The Morgan fingerprint density at radius 3 is 2.70 bits per heavy atom. The van der Waals surface area contributed by atoms with Crippen LogP contribution in [0.3, 0.4) is 0 Å². The van der Waals surface area contributed by atoms with Crippen molar-refractivity contribution in [3.63, 3.8) is 0 Å². The van der Waals surface area contributed by atoms with Gasteiger partial charge in [0.1, 0.15) is 5.82 Å². The molecule has 0 bridgehead atoms. The Morgan fingerprint density at radius 2 is 2.00 bits per heavy atom. The number of hydrogen-bond donors (Lipinski definition) is 1. The second-order valence-electron chi connectivity index (χ2n) is 7.15. The van der Waals surface area contributed by atoms with Gasteiger partial charge in [0.25, 0.3) is 0 Å². The minimum absolute atomic E-state index is 0.0405. The predicted molar refractivity (Wildman–Crippen MR) is 105 cm³/mol. The second kappa shape index (κ2) is 7.27. The van der Waals surface area contributed by atoms with E-state index in [-0.39, 0.29) is 11.5 Å². The van der Waals surface area contributed by atoms with Crippen LogP contribution in [0.5, 0.6) is 11.5 Å². The van der Waals surface area contributed by atoms with Gasteiger partial charge in [-0.05, 0) is 43.9 Å². The van der Waals surface area contributed by atoms with E-state index in [0.717, 1.165) is 67.3 Å². The lowest BCUT2D eigenvalue weighted by Gasteiger charge is -2.28. The first-order chi connectivity index (χ1) is 13.1. The highest BCUT2D eigenvalue weighted by Crippen LogP contribution is 2.40. The number of ether oxygens (including phenoxy) is 3. The molecule has 1 atom stereocenters. The van der Waals surface area contributed by atoms with Gasteiger partial charge in [-0.3, -0.25) is 4.79 Å². The summed E-state index contributed by atoms with van der Waals surface area (Å²) >= 11 is 0. The van der Waals surface area contributed by atoms with E-state index in [1.807, 2.05) is 19.1 Å². The van der Waals surface area contributed by atoms with Gasteiger partial charge in [0.15, 0.2) is 16.9 Å². The lowest BCUT2D eigenvalue weighted by Crippen LogP contribution is -2.26. The molecule has 6 nitrogen and oxygen atoms in total. The van der Waals surface area contributed by atoms with E-state index in [1.54, 1.807) is 20.3 Å². The van der Waals surface area contributed by atoms with Crippen LogP contribution in [0.25, 0.3) is 11.3 Å². The standard InChI is InChI=1S/C21H26N2O4/c1-13-17(24)11-20(22-12-15-5-4-8-27-15)23-7-6-14-9-18(25-2)19(26-3)10-16(14)21(13)23/h9-11,15,22H,4-8,12H2,1-3H3. The summed E-state index contributed by atoms with van der Waals surface area (Å²) in [5.74, 6) is 2.25. The van der Waals surface area contributed by atoms with Gasteiger partial charge >= 0.3 is 0 Å². The van der Waals surface area contributed by atoms with Gasteiger partial charge in [-0.1, -0.05) is 0 Å². The van der Waals surface area contributed by atoms with Gasteiger partial charge in [0, 0.05) is 36.9 Å². The first-order valence-corrected chi connectivity index (χ1v) is 9.47. The van der Waals surface area contributed by atoms with E-state index >= 15 is 0 Å². The Balaban J connectivity index is 1.78. The van der Waals surface area contributed by atoms with Gasteiger partial charge in [-0.2, -0.15) is 0 Å². The van der Waals surface area contributed by atoms with E-state index in [0.29, 0.717) is 5.75 Å². The molecule has 2 aromatic rings. The van der Waals surface area contributed by atoms with Crippen molar-refractivity contribution in [2.45, 2.75) is 38.8 Å². The minimum Gasteiger partial charge on any atom is -0.493 e. The number of nitrogens with one attached hydrogen (secondary N) is 1. The molecule has 0 amide bonds. The number of benzene rings is 1. The smallest absolute Gasteiger partial charge is 0.187 e. The molecule has 1 unspecified atom stereocenters. The Labute approximate surface area is 159 Å². The van der Waals surface area contributed by atoms with E-state index < -0.39 is 0 Å². The van der Waals surface area contributed by atoms with Crippen molar-refractivity contribution < 1.29 is 14.2 Å². The van der Waals surface area contributed by atoms with Gasteiger partial charge in [-0.25, -0.2) is 0 Å². The Hall–Kier alpha value is -2.47. The normalized spacial score (nSPS) is 18.0. The molecule has 1 N–H and O–H groups in total. The summed E-state index contributed by atoms with van der Waals surface area (Å²) in [4.78, 5) is 12.7. The van der Waals surface area contributed by atoms with Crippen LogP contribution in [-0.4, -0.2) is 38.0 Å². The molecule has 1 aromatic carbocycles. The quantitative estimate of drug-likeness (QED) is 0.877. The number of nitrogens with zero attached hydrogens (tertiary/aromatic N) is 1. The van der Waals surface area contributed by atoms with Crippen LogP contribution >= 0.6 is 0 Å². The summed E-state index contributed by atoms with van der Waals surface area (Å²) in [6.07, 6.45) is 3.26. The Morgan fingerprint density at radius 1 is 1.22 bits per heavy atom. The third kappa shape index (κ3) is 3.18. The van der Waals surface area contributed by atoms with Gasteiger partial charge < -0.3 is 24.1 Å². The molecular formula is C21H26N2O4. The third-order valence-electron chi connectivity index (χ3n) is 5.56. The second-order valence-corrected chi connectivity index (χ2v) is 7.15. The van der Waals surface area contributed by atoms with Gasteiger partial charge in [0.05, 0.1) is 26.0 Å². The maximum absolute atomic E-state index is 12.7. The van der Waals surface area contributed by atoms with Gasteiger partial charge in [-0.15, -0.1) is 0 Å². The summed E-state index contributed by atoms with van der Waals surface area (Å²) < 4.78 is 18.8. The van der Waals surface area contributed by atoms with Crippen molar-refractivity contribution in [3.8, 4) is 22.8 Å². The Kier molecular flexibility index (Phi) is 4.83. The largest absolute Gasteiger partial charge is 0.493 e. The topological polar surface area (TPSA) is 61.7 Å². The molecule has 2 aliphatic heterocycles. The molecule has 3 heterocycles. The highest BCUT2D eigenvalue weighted by Gasteiger charge is 2.24. The van der Waals surface area contributed by atoms with Crippen LogP contribution < -0.4 is 20.2 Å². The molecular weight excluding hydrogens is 344 g/mol. The van der Waals surface area contributed by atoms with E-state index in [2.05, 4.69) is 9.88 Å². The van der Waals surface area contributed by atoms with Crippen LogP contribution in [0, 0.1) is 6.92 Å². The zero-order valence-electron chi connectivity index (χ0n) is 16.1. The summed E-state index contributed by atoms with van der Waals surface area (Å²) in [5.41, 5.74) is 3.96. The molecule has 4 rings (SSSR count). The number of aryl methyl sites for hydroxylation is 1. The molecule has 1 aromatic heterocycles. The zero-order valence-corrected chi connectivity index (χ0v) is 16.1. The summed E-state index contributed by atoms with van der Waals surface area (Å²) in [6, 6.07) is 5.71. The lowest BCUT2D eigenvalue weighted by atomic mass is 9.93. The lowest BCUT2D eigenvalue weighted by molar-refractivity contribution is 0.120. The fourth-order valence-corrected chi connectivity index (χ4v) is 4.08. The monoisotopic (exact) mass is 370 g/mol. The average Bonchev–Trinajstić information content (AvgIpc) is 3.21. The van der Waals surface area contributed by atoms with E-state index in [9.17, 15) is 4.79 Å². The Bertz CT molecular complexity index is 913. The van der Waals surface area contributed by atoms with Crippen molar-refractivity contribution >= 4 is 5.82 Å². The number of pyridine rings is 1. The predicted octanol–water partition coefficient (Wildman–Crippen LogP) is 2.99. The molecule has 0 saturated carbocycles. The number of anilines is 1. The maximum Gasteiger partial charge on any atom is 0.187 e. The van der Waals surface area contributed by atoms with Crippen molar-refractivity contribution in [1.82, 2.24) is 4.57 Å². The number of fused-ring (bicyclic) bond motifs is 3. The van der Waals surface area contributed by atoms with Crippen molar-refractivity contribution in [2.24, 2.45) is 0 Å². The average molecular weight is 370 g/mol. The van der Waals surface area contributed by atoms with Crippen molar-refractivity contribution in [3.05, 3.63) is 39.5 Å². The molecule has 144 valence electrons. The third-order valence-corrected chi connectivity index (χ3v) is 5.56. The highest BCUT2D eigenvalue weighted by atomic mass is 16.5. The molecule has 1 fully saturated rings.